The smallest absolute Gasteiger partial charge is 0.272 e. The molecule has 0 amide bonds. The standard InChI is InChI=1S/C15H17N3O/c1-8-6-7-10-12-13(8)16-11-5-3-2-4-9(11)14(12)17-18-15(10)19/h6-7,9,11,16H,2-5H2,1H3,(H,18,19). The molecule has 1 fully saturated rings. The van der Waals surface area contributed by atoms with Crippen LogP contribution in [-0.2, 0) is 0 Å². The third-order valence-corrected chi connectivity index (χ3v) is 4.64. The molecule has 19 heavy (non-hydrogen) atoms. The molecule has 0 bridgehead atoms. The van der Waals surface area contributed by atoms with Crippen LogP contribution >= 0.6 is 0 Å². The van der Waals surface area contributed by atoms with Gasteiger partial charge in [-0.2, -0.15) is 5.10 Å². The van der Waals surface area contributed by atoms with E-state index in [1.54, 1.807) is 0 Å². The van der Waals surface area contributed by atoms with Crippen molar-refractivity contribution in [3.63, 3.8) is 0 Å². The van der Waals surface area contributed by atoms with Crippen molar-refractivity contribution in [1.82, 2.24) is 10.2 Å². The van der Waals surface area contributed by atoms with Gasteiger partial charge in [-0.3, -0.25) is 4.79 Å². The van der Waals surface area contributed by atoms with Crippen LogP contribution in [-0.4, -0.2) is 16.2 Å². The number of fused-ring (bicyclic) bond motifs is 2. The average molecular weight is 255 g/mol. The number of rotatable bonds is 0. The molecule has 2 unspecified atom stereocenters. The predicted octanol–water partition coefficient (Wildman–Crippen LogP) is 2.68. The lowest BCUT2D eigenvalue weighted by Gasteiger charge is -2.37. The van der Waals surface area contributed by atoms with Crippen molar-refractivity contribution < 1.29 is 0 Å². The minimum absolute atomic E-state index is 0.0870. The Balaban J connectivity index is 2.08. The zero-order chi connectivity index (χ0) is 13.0. The van der Waals surface area contributed by atoms with Gasteiger partial charge in [-0.25, -0.2) is 5.10 Å². The summed E-state index contributed by atoms with van der Waals surface area (Å²) in [5.74, 6) is 0.447. The molecule has 4 nitrogen and oxygen atoms in total. The first-order valence-electron chi connectivity index (χ1n) is 7.04. The summed E-state index contributed by atoms with van der Waals surface area (Å²) >= 11 is 0. The molecule has 1 aromatic carbocycles. The zero-order valence-corrected chi connectivity index (χ0v) is 11.0. The van der Waals surface area contributed by atoms with E-state index < -0.39 is 0 Å². The van der Waals surface area contributed by atoms with Crippen LogP contribution in [0.15, 0.2) is 16.9 Å². The molecule has 98 valence electrons. The Morgan fingerprint density at radius 3 is 3.00 bits per heavy atom. The number of anilines is 1. The molecule has 0 radical (unpaired) electrons. The molecule has 4 rings (SSSR count). The quantitative estimate of drug-likeness (QED) is 0.761. The second kappa shape index (κ2) is 3.83. The fourth-order valence-electron chi connectivity index (χ4n) is 3.66. The molecule has 2 N–H and O–H groups in total. The third-order valence-electron chi connectivity index (χ3n) is 4.64. The van der Waals surface area contributed by atoms with Gasteiger partial charge in [0.15, 0.2) is 0 Å². The molecule has 0 saturated heterocycles. The summed E-state index contributed by atoms with van der Waals surface area (Å²) in [6.07, 6.45) is 4.90. The summed E-state index contributed by atoms with van der Waals surface area (Å²) in [5, 5.41) is 12.5. The summed E-state index contributed by atoms with van der Waals surface area (Å²) in [6.45, 7) is 2.09. The number of aromatic amines is 1. The first-order valence-corrected chi connectivity index (χ1v) is 7.04. The zero-order valence-electron chi connectivity index (χ0n) is 11.0. The summed E-state index contributed by atoms with van der Waals surface area (Å²) < 4.78 is 0. The van der Waals surface area contributed by atoms with Crippen molar-refractivity contribution in [2.75, 3.05) is 5.32 Å². The number of H-pyrrole nitrogens is 1. The summed E-state index contributed by atoms with van der Waals surface area (Å²) in [4.78, 5) is 11.9. The monoisotopic (exact) mass is 255 g/mol. The van der Waals surface area contributed by atoms with Gasteiger partial charge in [0.25, 0.3) is 5.56 Å². The molecule has 1 saturated carbocycles. The highest BCUT2D eigenvalue weighted by Crippen LogP contribution is 2.43. The lowest BCUT2D eigenvalue weighted by atomic mass is 9.78. The fourth-order valence-corrected chi connectivity index (χ4v) is 3.66. The number of nitrogens with zero attached hydrogens (tertiary/aromatic N) is 1. The topological polar surface area (TPSA) is 57.8 Å². The summed E-state index contributed by atoms with van der Waals surface area (Å²) in [6, 6.07) is 4.42. The van der Waals surface area contributed by atoms with Crippen LogP contribution in [0.25, 0.3) is 10.8 Å². The molecule has 2 aliphatic rings. The number of aromatic nitrogens is 2. The molecule has 1 aromatic heterocycles. The van der Waals surface area contributed by atoms with Gasteiger partial charge in [0.05, 0.1) is 11.1 Å². The Kier molecular flexibility index (Phi) is 2.22. The van der Waals surface area contributed by atoms with E-state index in [1.165, 1.54) is 31.2 Å². The number of hydrogen-bond donors (Lipinski definition) is 2. The van der Waals surface area contributed by atoms with Gasteiger partial charge in [-0.05, 0) is 31.4 Å². The lowest BCUT2D eigenvalue weighted by molar-refractivity contribution is 0.395. The molecular formula is C15H17N3O. The third kappa shape index (κ3) is 1.46. The minimum atomic E-state index is -0.0870. The SMILES string of the molecule is Cc1ccc2c(=O)[nH]nc3c2c1NC1CCCCC31. The van der Waals surface area contributed by atoms with Gasteiger partial charge in [-0.1, -0.05) is 18.9 Å². The Labute approximate surface area is 111 Å². The highest BCUT2D eigenvalue weighted by atomic mass is 16.1. The number of hydrogen-bond acceptors (Lipinski definition) is 3. The van der Waals surface area contributed by atoms with E-state index in [9.17, 15) is 4.79 Å². The molecule has 1 aliphatic carbocycles. The van der Waals surface area contributed by atoms with Crippen LogP contribution in [0.5, 0.6) is 0 Å². The maximum atomic E-state index is 11.9. The van der Waals surface area contributed by atoms with Crippen LogP contribution in [0.2, 0.25) is 0 Å². The largest absolute Gasteiger partial charge is 0.381 e. The van der Waals surface area contributed by atoms with Crippen LogP contribution < -0.4 is 10.9 Å². The fraction of sp³-hybridized carbons (Fsp3) is 0.467. The Morgan fingerprint density at radius 1 is 1.26 bits per heavy atom. The first-order chi connectivity index (χ1) is 9.25. The molecular weight excluding hydrogens is 238 g/mol. The molecule has 0 spiro atoms. The number of aryl methyl sites for hydroxylation is 1. The van der Waals surface area contributed by atoms with Crippen molar-refractivity contribution in [2.24, 2.45) is 0 Å². The van der Waals surface area contributed by atoms with Crippen LogP contribution in [0.3, 0.4) is 0 Å². The number of nitrogens with one attached hydrogen (secondary N) is 2. The first kappa shape index (κ1) is 11.0. The van der Waals surface area contributed by atoms with E-state index in [1.807, 2.05) is 12.1 Å². The minimum Gasteiger partial charge on any atom is -0.381 e. The van der Waals surface area contributed by atoms with E-state index in [4.69, 9.17) is 0 Å². The average Bonchev–Trinajstić information content (AvgIpc) is 2.44. The maximum Gasteiger partial charge on any atom is 0.272 e. The number of benzene rings is 1. The van der Waals surface area contributed by atoms with Gasteiger partial charge in [-0.15, -0.1) is 0 Å². The van der Waals surface area contributed by atoms with E-state index in [0.717, 1.165) is 22.2 Å². The van der Waals surface area contributed by atoms with E-state index in [2.05, 4.69) is 22.4 Å². The summed E-state index contributed by atoms with van der Waals surface area (Å²) in [5.41, 5.74) is 3.33. The Hall–Kier alpha value is -1.84. The highest BCUT2D eigenvalue weighted by Gasteiger charge is 2.34. The normalized spacial score (nSPS) is 24.9. The van der Waals surface area contributed by atoms with Crippen molar-refractivity contribution >= 4 is 16.5 Å². The Bertz CT molecular complexity index is 719. The van der Waals surface area contributed by atoms with Crippen LogP contribution in [0.4, 0.5) is 5.69 Å². The molecule has 2 atom stereocenters. The van der Waals surface area contributed by atoms with Gasteiger partial charge in [0, 0.05) is 23.0 Å². The van der Waals surface area contributed by atoms with Crippen molar-refractivity contribution in [3.05, 3.63) is 33.7 Å². The van der Waals surface area contributed by atoms with Crippen molar-refractivity contribution in [1.29, 1.82) is 0 Å². The highest BCUT2D eigenvalue weighted by molar-refractivity contribution is 5.98. The lowest BCUT2D eigenvalue weighted by Crippen LogP contribution is -2.35. The van der Waals surface area contributed by atoms with Crippen LogP contribution in [0, 0.1) is 6.92 Å². The molecule has 1 aliphatic heterocycles. The second-order valence-electron chi connectivity index (χ2n) is 5.76. The summed E-state index contributed by atoms with van der Waals surface area (Å²) in [7, 11) is 0. The second-order valence-corrected chi connectivity index (χ2v) is 5.76. The van der Waals surface area contributed by atoms with Gasteiger partial charge < -0.3 is 5.32 Å². The molecule has 2 heterocycles. The molecule has 2 aromatic rings. The van der Waals surface area contributed by atoms with Gasteiger partial charge in [0.1, 0.15) is 0 Å². The predicted molar refractivity (Wildman–Crippen MR) is 75.7 cm³/mol. The van der Waals surface area contributed by atoms with Crippen molar-refractivity contribution in [2.45, 2.75) is 44.6 Å². The van der Waals surface area contributed by atoms with Gasteiger partial charge in [0.2, 0.25) is 0 Å². The molecule has 4 heteroatoms. The maximum absolute atomic E-state index is 11.9. The van der Waals surface area contributed by atoms with E-state index in [-0.39, 0.29) is 5.56 Å². The van der Waals surface area contributed by atoms with Crippen LogP contribution in [0.1, 0.15) is 42.9 Å². The van der Waals surface area contributed by atoms with Crippen molar-refractivity contribution in [3.8, 4) is 0 Å². The van der Waals surface area contributed by atoms with E-state index in [0.29, 0.717) is 12.0 Å². The van der Waals surface area contributed by atoms with Gasteiger partial charge >= 0.3 is 0 Å². The Morgan fingerprint density at radius 2 is 2.11 bits per heavy atom. The van der Waals surface area contributed by atoms with E-state index >= 15 is 0 Å².